The van der Waals surface area contributed by atoms with Crippen LogP contribution in [0.15, 0.2) is 40.9 Å². The molecule has 2 aliphatic heterocycles. The van der Waals surface area contributed by atoms with Crippen molar-refractivity contribution in [1.82, 2.24) is 9.88 Å². The van der Waals surface area contributed by atoms with E-state index in [0.717, 1.165) is 46.3 Å². The normalized spacial score (nSPS) is 24.0. The number of hydrogen-bond donors (Lipinski definition) is 1. The Labute approximate surface area is 191 Å². The largest absolute Gasteiger partial charge is 0.465 e. The summed E-state index contributed by atoms with van der Waals surface area (Å²) in [6, 6.07) is 10.2. The summed E-state index contributed by atoms with van der Waals surface area (Å²) in [5.41, 5.74) is 2.12. The van der Waals surface area contributed by atoms with Crippen molar-refractivity contribution in [1.29, 1.82) is 0 Å². The Morgan fingerprint density at radius 2 is 2.10 bits per heavy atom. The second-order valence-electron chi connectivity index (χ2n) is 9.24. The number of likely N-dealkylation sites (tertiary alicyclic amines) is 1. The SMILES string of the molecule is CC(C)(C)C1CC(c2nc(CSC3=NOC(c4ccccc4)C3)cs2)CCN1C(=O)O. The zero-order valence-electron chi connectivity index (χ0n) is 18.2. The summed E-state index contributed by atoms with van der Waals surface area (Å²) in [6.07, 6.45) is 1.64. The summed E-state index contributed by atoms with van der Waals surface area (Å²) < 4.78 is 0. The van der Waals surface area contributed by atoms with Crippen molar-refractivity contribution in [2.75, 3.05) is 6.54 Å². The topological polar surface area (TPSA) is 75.0 Å². The Morgan fingerprint density at radius 1 is 1.32 bits per heavy atom. The van der Waals surface area contributed by atoms with E-state index in [1.54, 1.807) is 28.0 Å². The summed E-state index contributed by atoms with van der Waals surface area (Å²) in [7, 11) is 0. The lowest BCUT2D eigenvalue weighted by Crippen LogP contribution is -2.51. The lowest BCUT2D eigenvalue weighted by atomic mass is 9.77. The molecule has 1 amide bonds. The fraction of sp³-hybridized carbons (Fsp3) is 0.522. The minimum atomic E-state index is -0.817. The van der Waals surface area contributed by atoms with Crippen molar-refractivity contribution in [3.8, 4) is 0 Å². The molecule has 31 heavy (non-hydrogen) atoms. The molecule has 0 spiro atoms. The standard InChI is InChI=1S/C23H29N3O3S2/c1-23(2,3)19-11-16(9-10-26(19)22(27)28)21-24-17(14-31-21)13-30-20-12-18(29-25-20)15-7-5-4-6-8-15/h4-8,14,16,18-19H,9-13H2,1-3H3,(H,27,28). The molecule has 2 aliphatic rings. The van der Waals surface area contributed by atoms with Gasteiger partial charge in [0.15, 0.2) is 6.10 Å². The van der Waals surface area contributed by atoms with E-state index in [-0.39, 0.29) is 17.6 Å². The molecule has 0 bridgehead atoms. The second kappa shape index (κ2) is 9.20. The third-order valence-corrected chi connectivity index (χ3v) is 8.04. The van der Waals surface area contributed by atoms with Crippen LogP contribution in [0.5, 0.6) is 0 Å². The van der Waals surface area contributed by atoms with Crippen molar-refractivity contribution in [2.45, 2.75) is 63.9 Å². The number of nitrogens with zero attached hydrogens (tertiary/aromatic N) is 3. The predicted molar refractivity (Wildman–Crippen MR) is 126 cm³/mol. The van der Waals surface area contributed by atoms with Crippen LogP contribution in [0.2, 0.25) is 0 Å². The lowest BCUT2D eigenvalue weighted by molar-refractivity contribution is 0.0525. The first-order valence-electron chi connectivity index (χ1n) is 10.7. The maximum atomic E-state index is 11.7. The van der Waals surface area contributed by atoms with Gasteiger partial charge in [0.2, 0.25) is 0 Å². The van der Waals surface area contributed by atoms with Crippen molar-refractivity contribution in [3.63, 3.8) is 0 Å². The number of benzene rings is 1. The highest BCUT2D eigenvalue weighted by molar-refractivity contribution is 8.13. The third kappa shape index (κ3) is 5.23. The van der Waals surface area contributed by atoms with Crippen LogP contribution in [0.4, 0.5) is 4.79 Å². The Morgan fingerprint density at radius 3 is 2.81 bits per heavy atom. The molecule has 0 aliphatic carbocycles. The molecule has 8 heteroatoms. The van der Waals surface area contributed by atoms with Gasteiger partial charge in [-0.1, -0.05) is 56.3 Å². The number of thioether (sulfide) groups is 1. The van der Waals surface area contributed by atoms with E-state index in [0.29, 0.717) is 12.5 Å². The molecule has 1 saturated heterocycles. The fourth-order valence-electron chi connectivity index (χ4n) is 4.26. The van der Waals surface area contributed by atoms with Crippen molar-refractivity contribution < 1.29 is 14.7 Å². The molecule has 1 aromatic heterocycles. The Bertz CT molecular complexity index is 939. The molecule has 3 heterocycles. The van der Waals surface area contributed by atoms with E-state index in [1.807, 2.05) is 18.2 Å². The highest BCUT2D eigenvalue weighted by atomic mass is 32.2. The van der Waals surface area contributed by atoms with E-state index < -0.39 is 6.09 Å². The number of aromatic nitrogens is 1. The number of amides is 1. The molecule has 1 aromatic carbocycles. The molecule has 0 radical (unpaired) electrons. The summed E-state index contributed by atoms with van der Waals surface area (Å²) in [5.74, 6) is 1.09. The molecule has 166 valence electrons. The van der Waals surface area contributed by atoms with Gasteiger partial charge < -0.3 is 14.8 Å². The Balaban J connectivity index is 1.33. The summed E-state index contributed by atoms with van der Waals surface area (Å²) >= 11 is 3.38. The first-order chi connectivity index (χ1) is 14.8. The average Bonchev–Trinajstić information content (AvgIpc) is 3.41. The summed E-state index contributed by atoms with van der Waals surface area (Å²) in [5, 5.41) is 18.1. The van der Waals surface area contributed by atoms with Crippen LogP contribution in [0.3, 0.4) is 0 Å². The summed E-state index contributed by atoms with van der Waals surface area (Å²) in [4.78, 5) is 23.8. The van der Waals surface area contributed by atoms with Crippen LogP contribution < -0.4 is 0 Å². The third-order valence-electron chi connectivity index (χ3n) is 5.97. The Kier molecular flexibility index (Phi) is 6.57. The number of carboxylic acid groups (broad SMARTS) is 1. The van der Waals surface area contributed by atoms with Gasteiger partial charge in [-0.05, 0) is 23.8 Å². The van der Waals surface area contributed by atoms with Crippen LogP contribution in [-0.4, -0.2) is 38.7 Å². The molecular formula is C23H29N3O3S2. The number of carbonyl (C=O) groups is 1. The highest BCUT2D eigenvalue weighted by Gasteiger charge is 2.39. The monoisotopic (exact) mass is 459 g/mol. The molecule has 1 N–H and O–H groups in total. The maximum Gasteiger partial charge on any atom is 0.407 e. The molecule has 4 rings (SSSR count). The zero-order valence-corrected chi connectivity index (χ0v) is 19.8. The summed E-state index contributed by atoms with van der Waals surface area (Å²) in [6.45, 7) is 6.92. The van der Waals surface area contributed by atoms with Gasteiger partial charge in [0.1, 0.15) is 5.04 Å². The van der Waals surface area contributed by atoms with Gasteiger partial charge in [0.25, 0.3) is 0 Å². The van der Waals surface area contributed by atoms with Gasteiger partial charge in [0, 0.05) is 36.1 Å². The number of thiazole rings is 1. The smallest absolute Gasteiger partial charge is 0.407 e. The molecular weight excluding hydrogens is 430 g/mol. The van der Waals surface area contributed by atoms with E-state index in [2.05, 4.69) is 43.4 Å². The minimum Gasteiger partial charge on any atom is -0.465 e. The van der Waals surface area contributed by atoms with Crippen molar-refractivity contribution in [3.05, 3.63) is 52.0 Å². The Hall–Kier alpha value is -2.06. The van der Waals surface area contributed by atoms with Crippen LogP contribution in [0.1, 0.15) is 68.3 Å². The van der Waals surface area contributed by atoms with Crippen LogP contribution >= 0.6 is 23.1 Å². The zero-order chi connectivity index (χ0) is 22.0. The van der Waals surface area contributed by atoms with Crippen LogP contribution in [0.25, 0.3) is 0 Å². The second-order valence-corrected chi connectivity index (χ2v) is 11.2. The van der Waals surface area contributed by atoms with Gasteiger partial charge in [-0.3, -0.25) is 0 Å². The maximum absolute atomic E-state index is 11.7. The molecule has 3 atom stereocenters. The van der Waals surface area contributed by atoms with Crippen molar-refractivity contribution >= 4 is 34.2 Å². The highest BCUT2D eigenvalue weighted by Crippen LogP contribution is 2.40. The van der Waals surface area contributed by atoms with Gasteiger partial charge in [-0.25, -0.2) is 9.78 Å². The van der Waals surface area contributed by atoms with Crippen LogP contribution in [-0.2, 0) is 10.6 Å². The minimum absolute atomic E-state index is 0.00319. The number of oxime groups is 1. The predicted octanol–water partition coefficient (Wildman–Crippen LogP) is 6.12. The molecule has 1 fully saturated rings. The van der Waals surface area contributed by atoms with Crippen molar-refractivity contribution in [2.24, 2.45) is 10.6 Å². The van der Waals surface area contributed by atoms with E-state index in [9.17, 15) is 9.90 Å². The average molecular weight is 460 g/mol. The molecule has 0 saturated carbocycles. The first kappa shape index (κ1) is 22.1. The first-order valence-corrected chi connectivity index (χ1v) is 12.5. The van der Waals surface area contributed by atoms with Gasteiger partial charge in [0.05, 0.1) is 10.7 Å². The van der Waals surface area contributed by atoms with E-state index >= 15 is 0 Å². The number of hydrogen-bond acceptors (Lipinski definition) is 6. The molecule has 3 unspecified atom stereocenters. The lowest BCUT2D eigenvalue weighted by Gasteiger charge is -2.44. The van der Waals surface area contributed by atoms with E-state index in [4.69, 9.17) is 9.82 Å². The number of piperidine rings is 1. The molecule has 6 nitrogen and oxygen atoms in total. The van der Waals surface area contributed by atoms with Crippen LogP contribution in [0, 0.1) is 5.41 Å². The molecule has 2 aromatic rings. The fourth-order valence-corrected chi connectivity index (χ4v) is 6.16. The van der Waals surface area contributed by atoms with Gasteiger partial charge in [-0.15, -0.1) is 23.1 Å². The van der Waals surface area contributed by atoms with Gasteiger partial charge in [-0.2, -0.15) is 0 Å². The van der Waals surface area contributed by atoms with Gasteiger partial charge >= 0.3 is 6.09 Å². The van der Waals surface area contributed by atoms with E-state index in [1.165, 1.54) is 0 Å². The quantitative estimate of drug-likeness (QED) is 0.596. The number of rotatable bonds is 4.